The highest BCUT2D eigenvalue weighted by Gasteiger charge is 2.25. The molecule has 4 heteroatoms. The van der Waals surface area contributed by atoms with Gasteiger partial charge in [-0.15, -0.1) is 0 Å². The van der Waals surface area contributed by atoms with Crippen molar-refractivity contribution in [3.63, 3.8) is 0 Å². The molecule has 1 saturated heterocycles. The lowest BCUT2D eigenvalue weighted by atomic mass is 10.1. The topological polar surface area (TPSA) is 18.5 Å². The minimum atomic E-state index is 0.351. The summed E-state index contributed by atoms with van der Waals surface area (Å²) in [7, 11) is 4.31. The fourth-order valence-corrected chi connectivity index (χ4v) is 3.22. The van der Waals surface area contributed by atoms with Gasteiger partial charge in [0.25, 0.3) is 0 Å². The predicted octanol–water partition coefficient (Wildman–Crippen LogP) is 3.54. The third-order valence-corrected chi connectivity index (χ3v) is 4.71. The first-order chi connectivity index (χ1) is 10.0. The van der Waals surface area contributed by atoms with Crippen LogP contribution < -0.4 is 10.2 Å². The van der Waals surface area contributed by atoms with E-state index in [1.54, 1.807) is 0 Å². The summed E-state index contributed by atoms with van der Waals surface area (Å²) in [6.45, 7) is 7.57. The fraction of sp³-hybridized carbons (Fsp3) is 0.647. The molecule has 0 radical (unpaired) electrons. The normalized spacial score (nSPS) is 20.3. The van der Waals surface area contributed by atoms with Gasteiger partial charge in [0.1, 0.15) is 0 Å². The Morgan fingerprint density at radius 1 is 1.43 bits per heavy atom. The van der Waals surface area contributed by atoms with Crippen LogP contribution in [-0.4, -0.2) is 44.7 Å². The zero-order valence-electron chi connectivity index (χ0n) is 13.7. The third-order valence-electron chi connectivity index (χ3n) is 4.41. The molecule has 2 rings (SSSR count). The van der Waals surface area contributed by atoms with Crippen LogP contribution >= 0.6 is 11.6 Å². The molecule has 1 aliphatic rings. The molecule has 1 N–H and O–H groups in total. The molecule has 1 heterocycles. The first-order valence-electron chi connectivity index (χ1n) is 7.97. The average molecular weight is 310 g/mol. The first kappa shape index (κ1) is 16.6. The van der Waals surface area contributed by atoms with Crippen LogP contribution in [0.3, 0.4) is 0 Å². The number of nitrogens with one attached hydrogen (secondary N) is 1. The Kier molecular flexibility index (Phi) is 5.91. The smallest absolute Gasteiger partial charge is 0.0642 e. The number of rotatable bonds is 6. The molecular weight excluding hydrogens is 282 g/mol. The highest BCUT2D eigenvalue weighted by molar-refractivity contribution is 6.33. The number of anilines is 1. The summed E-state index contributed by atoms with van der Waals surface area (Å²) in [5, 5.41) is 4.38. The van der Waals surface area contributed by atoms with Gasteiger partial charge in [-0.25, -0.2) is 0 Å². The van der Waals surface area contributed by atoms with Crippen molar-refractivity contribution in [2.45, 2.75) is 38.8 Å². The van der Waals surface area contributed by atoms with Crippen LogP contribution in [0.15, 0.2) is 18.2 Å². The first-order valence-corrected chi connectivity index (χ1v) is 8.35. The van der Waals surface area contributed by atoms with E-state index in [0.29, 0.717) is 12.1 Å². The van der Waals surface area contributed by atoms with Crippen LogP contribution in [0.4, 0.5) is 5.69 Å². The number of hydrogen-bond donors (Lipinski definition) is 1. The molecule has 0 aromatic heterocycles. The van der Waals surface area contributed by atoms with Gasteiger partial charge in [-0.2, -0.15) is 0 Å². The number of likely N-dealkylation sites (N-methyl/N-ethyl adjacent to an activating group) is 1. The molecule has 2 atom stereocenters. The summed E-state index contributed by atoms with van der Waals surface area (Å²) in [6, 6.07) is 7.49. The van der Waals surface area contributed by atoms with Gasteiger partial charge in [-0.05, 0) is 58.1 Å². The molecule has 0 aliphatic carbocycles. The minimum Gasteiger partial charge on any atom is -0.369 e. The molecule has 1 aliphatic heterocycles. The van der Waals surface area contributed by atoms with Crippen LogP contribution in [0.5, 0.6) is 0 Å². The second-order valence-corrected chi connectivity index (χ2v) is 6.65. The Bertz CT molecular complexity index is 461. The van der Waals surface area contributed by atoms with Crippen LogP contribution in [0.1, 0.15) is 38.3 Å². The maximum Gasteiger partial charge on any atom is 0.0642 e. The Labute approximate surface area is 134 Å². The lowest BCUT2D eigenvalue weighted by Gasteiger charge is -2.23. The largest absolute Gasteiger partial charge is 0.369 e. The standard InChI is InChI=1S/C17H28ClN3/c1-5-9-19-13(2)14-6-7-17(16(18)11-14)21-10-8-15(12-21)20(3)4/h6-7,11,13,15,19H,5,8-10,12H2,1-4H3. The summed E-state index contributed by atoms with van der Waals surface area (Å²) < 4.78 is 0. The molecule has 0 saturated carbocycles. The molecule has 1 aromatic carbocycles. The predicted molar refractivity (Wildman–Crippen MR) is 92.5 cm³/mol. The van der Waals surface area contributed by atoms with Crippen LogP contribution in [0.25, 0.3) is 0 Å². The Morgan fingerprint density at radius 2 is 2.19 bits per heavy atom. The van der Waals surface area contributed by atoms with Gasteiger partial charge in [0, 0.05) is 25.2 Å². The van der Waals surface area contributed by atoms with E-state index in [4.69, 9.17) is 11.6 Å². The van der Waals surface area contributed by atoms with E-state index in [1.165, 1.54) is 17.7 Å². The van der Waals surface area contributed by atoms with Crippen LogP contribution in [0, 0.1) is 0 Å². The van der Waals surface area contributed by atoms with E-state index in [0.717, 1.165) is 31.1 Å². The SMILES string of the molecule is CCCNC(C)c1ccc(N2CCC(N(C)C)C2)c(Cl)c1. The number of halogens is 1. The average Bonchev–Trinajstić information content (AvgIpc) is 2.94. The Hall–Kier alpha value is -0.770. The van der Waals surface area contributed by atoms with Crippen molar-refractivity contribution < 1.29 is 0 Å². The molecule has 1 aromatic rings. The van der Waals surface area contributed by atoms with E-state index in [1.807, 2.05) is 0 Å². The second kappa shape index (κ2) is 7.48. The summed E-state index contributed by atoms with van der Waals surface area (Å²) in [6.07, 6.45) is 2.36. The van der Waals surface area contributed by atoms with Crippen molar-refractivity contribution in [3.8, 4) is 0 Å². The number of hydrogen-bond acceptors (Lipinski definition) is 3. The Morgan fingerprint density at radius 3 is 2.76 bits per heavy atom. The van der Waals surface area contributed by atoms with E-state index < -0.39 is 0 Å². The van der Waals surface area contributed by atoms with Crippen molar-refractivity contribution in [1.29, 1.82) is 0 Å². The molecule has 118 valence electrons. The van der Waals surface area contributed by atoms with Gasteiger partial charge in [-0.3, -0.25) is 0 Å². The van der Waals surface area contributed by atoms with Gasteiger partial charge >= 0.3 is 0 Å². The van der Waals surface area contributed by atoms with Crippen molar-refractivity contribution >= 4 is 17.3 Å². The summed E-state index contributed by atoms with van der Waals surface area (Å²) in [4.78, 5) is 4.71. The lowest BCUT2D eigenvalue weighted by Crippen LogP contribution is -2.31. The van der Waals surface area contributed by atoms with Gasteiger partial charge < -0.3 is 15.1 Å². The highest BCUT2D eigenvalue weighted by Crippen LogP contribution is 2.31. The molecule has 0 amide bonds. The van der Waals surface area contributed by atoms with Gasteiger partial charge in [0.05, 0.1) is 10.7 Å². The second-order valence-electron chi connectivity index (χ2n) is 6.24. The van der Waals surface area contributed by atoms with E-state index in [-0.39, 0.29) is 0 Å². The summed E-state index contributed by atoms with van der Waals surface area (Å²) >= 11 is 6.53. The molecule has 0 spiro atoms. The van der Waals surface area contributed by atoms with Crippen molar-refractivity contribution in [2.24, 2.45) is 0 Å². The van der Waals surface area contributed by atoms with E-state index >= 15 is 0 Å². The van der Waals surface area contributed by atoms with Crippen molar-refractivity contribution in [2.75, 3.05) is 38.6 Å². The van der Waals surface area contributed by atoms with E-state index in [2.05, 4.69) is 61.3 Å². The third kappa shape index (κ3) is 4.12. The van der Waals surface area contributed by atoms with Crippen LogP contribution in [-0.2, 0) is 0 Å². The van der Waals surface area contributed by atoms with E-state index in [9.17, 15) is 0 Å². The van der Waals surface area contributed by atoms with Gasteiger partial charge in [0.2, 0.25) is 0 Å². The number of benzene rings is 1. The zero-order valence-corrected chi connectivity index (χ0v) is 14.5. The highest BCUT2D eigenvalue weighted by atomic mass is 35.5. The maximum absolute atomic E-state index is 6.53. The van der Waals surface area contributed by atoms with Gasteiger partial charge in [-0.1, -0.05) is 24.6 Å². The van der Waals surface area contributed by atoms with Crippen LogP contribution in [0.2, 0.25) is 5.02 Å². The summed E-state index contributed by atoms with van der Waals surface area (Å²) in [5.41, 5.74) is 2.44. The molecule has 2 unspecified atom stereocenters. The molecular formula is C17H28ClN3. The zero-order chi connectivity index (χ0) is 15.4. The monoisotopic (exact) mass is 309 g/mol. The lowest BCUT2D eigenvalue weighted by molar-refractivity contribution is 0.315. The van der Waals surface area contributed by atoms with Gasteiger partial charge in [0.15, 0.2) is 0 Å². The molecule has 3 nitrogen and oxygen atoms in total. The fourth-order valence-electron chi connectivity index (χ4n) is 2.91. The minimum absolute atomic E-state index is 0.351. The Balaban J connectivity index is 2.06. The summed E-state index contributed by atoms with van der Waals surface area (Å²) in [5.74, 6) is 0. The van der Waals surface area contributed by atoms with Crippen molar-refractivity contribution in [3.05, 3.63) is 28.8 Å². The number of nitrogens with zero attached hydrogens (tertiary/aromatic N) is 2. The maximum atomic E-state index is 6.53. The van der Waals surface area contributed by atoms with Crippen molar-refractivity contribution in [1.82, 2.24) is 10.2 Å². The molecule has 21 heavy (non-hydrogen) atoms. The molecule has 0 bridgehead atoms. The quantitative estimate of drug-likeness (QED) is 0.867. The molecule has 1 fully saturated rings.